The van der Waals surface area contributed by atoms with Gasteiger partial charge in [0.15, 0.2) is 0 Å². The van der Waals surface area contributed by atoms with Crippen molar-refractivity contribution in [2.24, 2.45) is 0 Å². The highest BCUT2D eigenvalue weighted by molar-refractivity contribution is 6.02. The Balaban J connectivity index is 1.62. The van der Waals surface area contributed by atoms with Gasteiger partial charge in [-0.05, 0) is 43.5 Å². The van der Waals surface area contributed by atoms with Gasteiger partial charge in [-0.15, -0.1) is 0 Å². The van der Waals surface area contributed by atoms with E-state index in [0.717, 1.165) is 37.6 Å². The number of hydrogen-bond donors (Lipinski definition) is 3. The summed E-state index contributed by atoms with van der Waals surface area (Å²) in [5.41, 5.74) is 4.29. The summed E-state index contributed by atoms with van der Waals surface area (Å²) in [4.78, 5) is 21.1. The zero-order valence-corrected chi connectivity index (χ0v) is 19.1. The Labute approximate surface area is 199 Å². The molecule has 4 rings (SSSR count). The van der Waals surface area contributed by atoms with Gasteiger partial charge in [-0.3, -0.25) is 4.79 Å². The van der Waals surface area contributed by atoms with Crippen molar-refractivity contribution in [2.45, 2.75) is 0 Å². The second-order valence-corrected chi connectivity index (χ2v) is 8.06. The number of nitrogens with one attached hydrogen (secondary N) is 3. The minimum atomic E-state index is -0.294. The van der Waals surface area contributed by atoms with Gasteiger partial charge in [0.25, 0.3) is 0 Å². The van der Waals surface area contributed by atoms with Gasteiger partial charge in [0.05, 0.1) is 22.6 Å². The van der Waals surface area contributed by atoms with Crippen LogP contribution in [0, 0.1) is 11.3 Å². The molecular weight excluding hydrogens is 426 g/mol. The number of nitriles is 1. The van der Waals surface area contributed by atoms with Gasteiger partial charge in [-0.2, -0.15) is 5.26 Å². The Bertz CT molecular complexity index is 1210. The van der Waals surface area contributed by atoms with Crippen molar-refractivity contribution < 1.29 is 4.79 Å². The molecule has 1 aromatic heterocycles. The maximum atomic E-state index is 12.1. The van der Waals surface area contributed by atoms with Crippen molar-refractivity contribution in [3.63, 3.8) is 0 Å². The lowest BCUT2D eigenvalue weighted by atomic mass is 10.2. The Morgan fingerprint density at radius 3 is 2.50 bits per heavy atom. The number of pyridine rings is 1. The normalized spacial score (nSPS) is 13.6. The van der Waals surface area contributed by atoms with Crippen LogP contribution in [0.2, 0.25) is 0 Å². The minimum Gasteiger partial charge on any atom is -0.369 e. The molecule has 8 nitrogen and oxygen atoms in total. The molecule has 1 fully saturated rings. The molecule has 0 spiro atoms. The molecular formula is C26H27N7O. The lowest BCUT2D eigenvalue weighted by Gasteiger charge is -2.34. The van der Waals surface area contributed by atoms with Crippen molar-refractivity contribution >= 4 is 40.2 Å². The highest BCUT2D eigenvalue weighted by atomic mass is 16.1. The number of piperazine rings is 1. The molecule has 3 aromatic rings. The summed E-state index contributed by atoms with van der Waals surface area (Å²) in [6.07, 6.45) is 2.77. The molecule has 8 heteroatoms. The highest BCUT2D eigenvalue weighted by Gasteiger charge is 2.17. The Morgan fingerprint density at radius 1 is 1.03 bits per heavy atom. The molecule has 0 bridgehead atoms. The molecule has 0 saturated carbocycles. The van der Waals surface area contributed by atoms with E-state index in [2.05, 4.69) is 50.4 Å². The number of amides is 1. The number of benzene rings is 2. The fourth-order valence-corrected chi connectivity index (χ4v) is 3.72. The molecule has 0 radical (unpaired) electrons. The molecule has 3 N–H and O–H groups in total. The number of carbonyl (C=O) groups excluding carboxylic acids is 1. The fourth-order valence-electron chi connectivity index (χ4n) is 3.72. The maximum absolute atomic E-state index is 12.1. The van der Waals surface area contributed by atoms with E-state index in [-0.39, 0.29) is 5.91 Å². The van der Waals surface area contributed by atoms with E-state index in [9.17, 15) is 10.1 Å². The van der Waals surface area contributed by atoms with Crippen LogP contribution in [-0.4, -0.2) is 49.0 Å². The molecule has 172 valence electrons. The molecule has 1 amide bonds. The van der Waals surface area contributed by atoms with E-state index in [4.69, 9.17) is 0 Å². The number of carbonyl (C=O) groups is 1. The maximum Gasteiger partial charge on any atom is 0.247 e. The van der Waals surface area contributed by atoms with Crippen LogP contribution in [0.3, 0.4) is 0 Å². The quantitative estimate of drug-likeness (QED) is 0.459. The molecule has 1 saturated heterocycles. The van der Waals surface area contributed by atoms with Crippen LogP contribution in [0.15, 0.2) is 73.4 Å². The lowest BCUT2D eigenvalue weighted by Crippen LogP contribution is -2.44. The molecule has 0 unspecified atom stereocenters. The first-order valence-electron chi connectivity index (χ1n) is 11.1. The van der Waals surface area contributed by atoms with Gasteiger partial charge >= 0.3 is 0 Å². The number of anilines is 6. The van der Waals surface area contributed by atoms with Crippen LogP contribution in [0.4, 0.5) is 34.3 Å². The SMILES string of the molecule is C=CC(=O)Nc1cc(N2CCN(C)CC2)ccc1Nc1cc(Nc2ccccc2)c(C#N)cn1. The number of aromatic nitrogens is 1. The largest absolute Gasteiger partial charge is 0.369 e. The summed E-state index contributed by atoms with van der Waals surface area (Å²) in [6.45, 7) is 7.38. The predicted molar refractivity (Wildman–Crippen MR) is 137 cm³/mol. The fraction of sp³-hybridized carbons (Fsp3) is 0.192. The summed E-state index contributed by atoms with van der Waals surface area (Å²) in [7, 11) is 2.12. The van der Waals surface area contributed by atoms with Crippen molar-refractivity contribution in [1.29, 1.82) is 5.26 Å². The van der Waals surface area contributed by atoms with Gasteiger partial charge in [0, 0.05) is 49.8 Å². The number of hydrogen-bond acceptors (Lipinski definition) is 7. The predicted octanol–water partition coefficient (Wildman–Crippen LogP) is 4.32. The van der Waals surface area contributed by atoms with E-state index in [1.165, 1.54) is 12.3 Å². The van der Waals surface area contributed by atoms with Crippen LogP contribution in [0.5, 0.6) is 0 Å². The van der Waals surface area contributed by atoms with Gasteiger partial charge in [-0.25, -0.2) is 4.98 Å². The second kappa shape index (κ2) is 10.5. The van der Waals surface area contributed by atoms with Gasteiger partial charge in [0.1, 0.15) is 11.9 Å². The molecule has 2 aromatic carbocycles. The molecule has 0 atom stereocenters. The van der Waals surface area contributed by atoms with Gasteiger partial charge in [0.2, 0.25) is 5.91 Å². The number of nitrogens with zero attached hydrogens (tertiary/aromatic N) is 4. The van der Waals surface area contributed by atoms with Crippen molar-refractivity contribution in [1.82, 2.24) is 9.88 Å². The lowest BCUT2D eigenvalue weighted by molar-refractivity contribution is -0.111. The number of likely N-dealkylation sites (N-methyl/N-ethyl adjacent to an activating group) is 1. The first kappa shape index (κ1) is 22.8. The molecule has 1 aliphatic rings. The summed E-state index contributed by atoms with van der Waals surface area (Å²) < 4.78 is 0. The third kappa shape index (κ3) is 5.52. The van der Waals surface area contributed by atoms with E-state index in [1.807, 2.05) is 48.5 Å². The van der Waals surface area contributed by atoms with Gasteiger partial charge in [-0.1, -0.05) is 24.8 Å². The van der Waals surface area contributed by atoms with Crippen LogP contribution < -0.4 is 20.9 Å². The van der Waals surface area contributed by atoms with Crippen LogP contribution in [0.25, 0.3) is 0 Å². The Hall–Kier alpha value is -4.35. The van der Waals surface area contributed by atoms with Crippen molar-refractivity contribution in [3.8, 4) is 6.07 Å². The average Bonchev–Trinajstić information content (AvgIpc) is 2.86. The van der Waals surface area contributed by atoms with E-state index >= 15 is 0 Å². The zero-order chi connectivity index (χ0) is 23.9. The van der Waals surface area contributed by atoms with E-state index < -0.39 is 0 Å². The minimum absolute atomic E-state index is 0.294. The molecule has 0 aliphatic carbocycles. The first-order chi connectivity index (χ1) is 16.6. The third-order valence-corrected chi connectivity index (χ3v) is 5.65. The first-order valence-corrected chi connectivity index (χ1v) is 11.1. The third-order valence-electron chi connectivity index (χ3n) is 5.65. The van der Waals surface area contributed by atoms with Crippen molar-refractivity contribution in [2.75, 3.05) is 54.1 Å². The average molecular weight is 454 g/mol. The summed E-state index contributed by atoms with van der Waals surface area (Å²) >= 11 is 0. The highest BCUT2D eigenvalue weighted by Crippen LogP contribution is 2.32. The summed E-state index contributed by atoms with van der Waals surface area (Å²) in [5, 5.41) is 18.9. The van der Waals surface area contributed by atoms with Crippen LogP contribution in [-0.2, 0) is 4.79 Å². The van der Waals surface area contributed by atoms with E-state index in [0.29, 0.717) is 28.4 Å². The number of rotatable bonds is 7. The molecule has 2 heterocycles. The molecule has 1 aliphatic heterocycles. The second-order valence-electron chi connectivity index (χ2n) is 8.06. The van der Waals surface area contributed by atoms with Crippen LogP contribution in [0.1, 0.15) is 5.56 Å². The Kier molecular flexibility index (Phi) is 7.06. The smallest absolute Gasteiger partial charge is 0.247 e. The zero-order valence-electron chi connectivity index (χ0n) is 19.1. The van der Waals surface area contributed by atoms with E-state index in [1.54, 1.807) is 6.07 Å². The monoisotopic (exact) mass is 453 g/mol. The van der Waals surface area contributed by atoms with Crippen molar-refractivity contribution in [3.05, 3.63) is 79.0 Å². The molecule has 34 heavy (non-hydrogen) atoms. The summed E-state index contributed by atoms with van der Waals surface area (Å²) in [5.74, 6) is 0.247. The number of para-hydroxylation sites is 1. The standard InChI is InChI=1S/C26H27N7O/c1-3-26(34)31-24-15-21(33-13-11-32(2)12-14-33)9-10-22(24)30-25-16-23(19(17-27)18-28-25)29-20-7-5-4-6-8-20/h3-10,15-16,18H,1,11-14H2,2H3,(H,31,34)(H2,28,29,30). The van der Waals surface area contributed by atoms with Gasteiger partial charge < -0.3 is 25.8 Å². The van der Waals surface area contributed by atoms with Crippen LogP contribution >= 0.6 is 0 Å². The Morgan fingerprint density at radius 2 is 1.79 bits per heavy atom. The summed E-state index contributed by atoms with van der Waals surface area (Å²) in [6, 6.07) is 19.5. The topological polar surface area (TPSA) is 96.3 Å².